The van der Waals surface area contributed by atoms with Crippen molar-refractivity contribution >= 4 is 22.0 Å². The van der Waals surface area contributed by atoms with Crippen LogP contribution in [0.3, 0.4) is 0 Å². The van der Waals surface area contributed by atoms with Crippen LogP contribution >= 0.6 is 0 Å². The van der Waals surface area contributed by atoms with Crippen molar-refractivity contribution < 1.29 is 13.5 Å². The Kier molecular flexibility index (Phi) is 1.53. The number of phenolic OH excluding ortho intramolecular Hbond substituents is 1. The second-order valence-corrected chi connectivity index (χ2v) is 4.06. The van der Waals surface area contributed by atoms with Crippen LogP contribution < -0.4 is 5.32 Å². The molecule has 0 fully saturated rings. The largest absolute Gasteiger partial charge is 0.508 e. The highest BCUT2D eigenvalue weighted by Gasteiger charge is 2.21. The zero-order chi connectivity index (χ0) is 9.47. The Bertz CT molecular complexity index is 479. The molecule has 1 aromatic rings. The van der Waals surface area contributed by atoms with Crippen LogP contribution in [0.15, 0.2) is 27.5 Å². The molecule has 1 heterocycles. The van der Waals surface area contributed by atoms with Crippen LogP contribution in [0, 0.1) is 0 Å². The molecule has 0 saturated heterocycles. The summed E-state index contributed by atoms with van der Waals surface area (Å²) in [5, 5.41) is 11.6. The summed E-state index contributed by atoms with van der Waals surface area (Å²) in [5.41, 5.74) is 0.368. The average Bonchev–Trinajstić information content (AvgIpc) is 2.06. The van der Waals surface area contributed by atoms with Crippen molar-refractivity contribution in [1.29, 1.82) is 0 Å². The Labute approximate surface area is 74.8 Å². The third kappa shape index (κ3) is 1.25. The molecule has 0 atom stereocenters. The SMILES string of the molecule is O=S1(=O)N=[C]Nc2ccc(O)cc21. The smallest absolute Gasteiger partial charge is 0.286 e. The summed E-state index contributed by atoms with van der Waals surface area (Å²) >= 11 is 0. The zero-order valence-electron chi connectivity index (χ0n) is 6.35. The van der Waals surface area contributed by atoms with Crippen LogP contribution in [0.4, 0.5) is 5.69 Å². The molecule has 0 unspecified atom stereocenters. The Hall–Kier alpha value is -1.56. The molecule has 67 valence electrons. The number of nitrogens with one attached hydrogen (secondary N) is 1. The van der Waals surface area contributed by atoms with Gasteiger partial charge in [-0.3, -0.25) is 0 Å². The number of benzene rings is 1. The van der Waals surface area contributed by atoms with Gasteiger partial charge in [-0.15, -0.1) is 4.40 Å². The molecule has 6 heteroatoms. The molecule has 1 aromatic carbocycles. The van der Waals surface area contributed by atoms with Crippen LogP contribution in [0.2, 0.25) is 0 Å². The van der Waals surface area contributed by atoms with E-state index in [0.29, 0.717) is 5.69 Å². The highest BCUT2D eigenvalue weighted by molar-refractivity contribution is 7.90. The lowest BCUT2D eigenvalue weighted by molar-refractivity contribution is 0.473. The predicted octanol–water partition coefficient (Wildman–Crippen LogP) is 0.412. The first-order chi connectivity index (χ1) is 6.09. The molecule has 1 radical (unpaired) electrons. The van der Waals surface area contributed by atoms with Crippen LogP contribution in [0.25, 0.3) is 0 Å². The first-order valence-corrected chi connectivity index (χ1v) is 4.85. The van der Waals surface area contributed by atoms with Gasteiger partial charge in [0, 0.05) is 6.07 Å². The van der Waals surface area contributed by atoms with Gasteiger partial charge in [-0.2, -0.15) is 8.42 Å². The van der Waals surface area contributed by atoms with Gasteiger partial charge in [0.1, 0.15) is 10.6 Å². The second kappa shape index (κ2) is 2.46. The number of fused-ring (bicyclic) bond motifs is 1. The van der Waals surface area contributed by atoms with Gasteiger partial charge in [0.15, 0.2) is 6.34 Å². The number of anilines is 1. The second-order valence-electron chi connectivity index (χ2n) is 2.48. The van der Waals surface area contributed by atoms with Gasteiger partial charge in [-0.05, 0) is 12.1 Å². The number of hydrogen-bond donors (Lipinski definition) is 2. The van der Waals surface area contributed by atoms with E-state index < -0.39 is 10.0 Å². The van der Waals surface area contributed by atoms with E-state index in [0.717, 1.165) is 6.07 Å². The van der Waals surface area contributed by atoms with E-state index in [1.807, 2.05) is 0 Å². The molecule has 2 rings (SSSR count). The Balaban J connectivity index is 2.74. The summed E-state index contributed by atoms with van der Waals surface area (Å²) in [6.07, 6.45) is 2.16. The van der Waals surface area contributed by atoms with Gasteiger partial charge in [0.25, 0.3) is 10.0 Å². The van der Waals surface area contributed by atoms with Gasteiger partial charge in [0.2, 0.25) is 0 Å². The monoisotopic (exact) mass is 197 g/mol. The summed E-state index contributed by atoms with van der Waals surface area (Å²) in [4.78, 5) is -0.0359. The molecule has 1 aliphatic rings. The summed E-state index contributed by atoms with van der Waals surface area (Å²) in [5.74, 6) is -0.110. The van der Waals surface area contributed by atoms with Crippen LogP contribution in [-0.2, 0) is 10.0 Å². The van der Waals surface area contributed by atoms with Crippen molar-refractivity contribution in [2.75, 3.05) is 5.32 Å². The van der Waals surface area contributed by atoms with Gasteiger partial charge < -0.3 is 10.4 Å². The van der Waals surface area contributed by atoms with E-state index in [1.165, 1.54) is 12.1 Å². The molecular weight excluding hydrogens is 192 g/mol. The minimum absolute atomic E-state index is 0.0359. The fourth-order valence-corrected chi connectivity index (χ4v) is 1.95. The Morgan fingerprint density at radius 2 is 2.23 bits per heavy atom. The molecule has 0 spiro atoms. The lowest BCUT2D eigenvalue weighted by Gasteiger charge is -2.10. The molecule has 2 N–H and O–H groups in total. The maximum atomic E-state index is 11.2. The maximum Gasteiger partial charge on any atom is 0.286 e. The van der Waals surface area contributed by atoms with Crippen molar-refractivity contribution in [3.63, 3.8) is 0 Å². The number of nitrogens with zero attached hydrogens (tertiary/aromatic N) is 1. The molecule has 5 nitrogen and oxygen atoms in total. The quantitative estimate of drug-likeness (QED) is 0.590. The van der Waals surface area contributed by atoms with Gasteiger partial charge in [-0.25, -0.2) is 0 Å². The first kappa shape index (κ1) is 8.06. The Morgan fingerprint density at radius 1 is 1.46 bits per heavy atom. The highest BCUT2D eigenvalue weighted by Crippen LogP contribution is 2.28. The highest BCUT2D eigenvalue weighted by atomic mass is 32.2. The number of phenols is 1. The molecule has 0 bridgehead atoms. The third-order valence-electron chi connectivity index (χ3n) is 1.60. The lowest BCUT2D eigenvalue weighted by Crippen LogP contribution is -2.10. The first-order valence-electron chi connectivity index (χ1n) is 3.41. The molecule has 0 aliphatic carbocycles. The van der Waals surface area contributed by atoms with Crippen LogP contribution in [0.5, 0.6) is 5.75 Å². The minimum Gasteiger partial charge on any atom is -0.508 e. The molecule has 1 aliphatic heterocycles. The van der Waals surface area contributed by atoms with Crippen LogP contribution in [0.1, 0.15) is 0 Å². The standard InChI is InChI=1S/C7H5N2O3S/c10-5-1-2-6-7(3-5)13(11,12)9-4-8-6/h1-3,10H,(H,8,9). The van der Waals surface area contributed by atoms with Crippen molar-refractivity contribution in [2.24, 2.45) is 4.40 Å². The number of sulfonamides is 1. The molecule has 13 heavy (non-hydrogen) atoms. The maximum absolute atomic E-state index is 11.2. The average molecular weight is 197 g/mol. The van der Waals surface area contributed by atoms with Gasteiger partial charge in [-0.1, -0.05) is 0 Å². The number of aromatic hydroxyl groups is 1. The number of rotatable bonds is 0. The minimum atomic E-state index is -3.67. The normalized spacial score (nSPS) is 17.5. The van der Waals surface area contributed by atoms with Crippen LogP contribution in [-0.4, -0.2) is 19.9 Å². The van der Waals surface area contributed by atoms with E-state index in [4.69, 9.17) is 5.11 Å². The lowest BCUT2D eigenvalue weighted by atomic mass is 10.3. The summed E-state index contributed by atoms with van der Waals surface area (Å²) < 4.78 is 25.6. The van der Waals surface area contributed by atoms with E-state index in [-0.39, 0.29) is 10.6 Å². The predicted molar refractivity (Wildman–Crippen MR) is 46.4 cm³/mol. The fourth-order valence-electron chi connectivity index (χ4n) is 1.02. The summed E-state index contributed by atoms with van der Waals surface area (Å²) in [6.45, 7) is 0. The van der Waals surface area contributed by atoms with E-state index in [2.05, 4.69) is 16.1 Å². The third-order valence-corrected chi connectivity index (χ3v) is 2.82. The van der Waals surface area contributed by atoms with Crippen molar-refractivity contribution in [2.45, 2.75) is 4.90 Å². The Morgan fingerprint density at radius 3 is 3.00 bits per heavy atom. The zero-order valence-corrected chi connectivity index (χ0v) is 7.17. The van der Waals surface area contributed by atoms with Crippen molar-refractivity contribution in [1.82, 2.24) is 0 Å². The van der Waals surface area contributed by atoms with Crippen molar-refractivity contribution in [3.05, 3.63) is 18.2 Å². The topological polar surface area (TPSA) is 78.8 Å². The molecular formula is C7H5N2O3S. The molecule has 0 aromatic heterocycles. The van der Waals surface area contributed by atoms with Crippen molar-refractivity contribution in [3.8, 4) is 5.75 Å². The van der Waals surface area contributed by atoms with Gasteiger partial charge in [0.05, 0.1) is 5.69 Å². The number of hydrogen-bond acceptors (Lipinski definition) is 4. The fraction of sp³-hybridized carbons (Fsp3) is 0. The van der Waals surface area contributed by atoms with E-state index >= 15 is 0 Å². The molecule has 0 amide bonds. The van der Waals surface area contributed by atoms with E-state index in [1.54, 1.807) is 0 Å². The van der Waals surface area contributed by atoms with Gasteiger partial charge >= 0.3 is 0 Å². The summed E-state index contributed by atoms with van der Waals surface area (Å²) in [7, 11) is -3.67. The summed E-state index contributed by atoms with van der Waals surface area (Å²) in [6, 6.07) is 3.97. The van der Waals surface area contributed by atoms with E-state index in [9.17, 15) is 8.42 Å². The molecule has 0 saturated carbocycles.